The average Bonchev–Trinajstić information content (AvgIpc) is 3.94. The van der Waals surface area contributed by atoms with E-state index in [1.165, 1.54) is 94.0 Å². The van der Waals surface area contributed by atoms with Crippen molar-refractivity contribution in [3.05, 3.63) is 149 Å². The van der Waals surface area contributed by atoms with E-state index < -0.39 is 0 Å². The minimum absolute atomic E-state index is 0.230. The highest BCUT2D eigenvalue weighted by atomic mass is 15.1. The van der Waals surface area contributed by atoms with Crippen LogP contribution < -0.4 is 0 Å². The number of H-pyrrole nitrogens is 1. The van der Waals surface area contributed by atoms with Crippen LogP contribution in [0.1, 0.15) is 71.5 Å². The fourth-order valence-corrected chi connectivity index (χ4v) is 8.78. The first-order valence-corrected chi connectivity index (χ1v) is 19.0. The Morgan fingerprint density at radius 3 is 2.14 bits per heavy atom. The standard InChI is InChI=1S/C46H52N4/c1-48-26-10-18-40(48)29-38-32-47-44-23-22-37(31-42(38)44)45(24-20-35-14-7-4-8-15-35)50-33-39(30-41-19-11-27-49(41)2)43-28-36(21-25-46(43)50)17-9-16-34-12-5-3-6-13-34/h3-9,12-15,17,21-23,25,28,31-33,40-41,45,47H,10-11,16,18-20,24,26-27,29-30H2,1-2H3/b17-9+/t40-,41-,45?/m1/s1. The number of hydrogen-bond donors (Lipinski definition) is 1. The van der Waals surface area contributed by atoms with E-state index in [9.17, 15) is 0 Å². The van der Waals surface area contributed by atoms with E-state index in [-0.39, 0.29) is 6.04 Å². The van der Waals surface area contributed by atoms with Gasteiger partial charge < -0.3 is 19.4 Å². The normalized spacial score (nSPS) is 19.4. The summed E-state index contributed by atoms with van der Waals surface area (Å²) in [5.74, 6) is 0. The lowest BCUT2D eigenvalue weighted by molar-refractivity contribution is 0.309. The van der Waals surface area contributed by atoms with Crippen LogP contribution in [0, 0.1) is 0 Å². The summed E-state index contributed by atoms with van der Waals surface area (Å²) in [5, 5.41) is 2.80. The molecule has 8 rings (SSSR count). The van der Waals surface area contributed by atoms with Crippen molar-refractivity contribution in [1.82, 2.24) is 19.4 Å². The Hall–Kier alpha value is -4.38. The van der Waals surface area contributed by atoms with Gasteiger partial charge in [-0.25, -0.2) is 0 Å². The highest BCUT2D eigenvalue weighted by Crippen LogP contribution is 2.36. The molecule has 0 bridgehead atoms. The van der Waals surface area contributed by atoms with Gasteiger partial charge in [-0.1, -0.05) is 84.9 Å². The van der Waals surface area contributed by atoms with Crippen molar-refractivity contribution in [3.8, 4) is 0 Å². The Bertz CT molecular complexity index is 2050. The number of fused-ring (bicyclic) bond motifs is 2. The second-order valence-electron chi connectivity index (χ2n) is 15.1. The van der Waals surface area contributed by atoms with Crippen molar-refractivity contribution in [2.24, 2.45) is 0 Å². The zero-order chi connectivity index (χ0) is 33.9. The van der Waals surface area contributed by atoms with Crippen LogP contribution >= 0.6 is 0 Å². The lowest BCUT2D eigenvalue weighted by Gasteiger charge is -2.22. The molecule has 1 N–H and O–H groups in total. The van der Waals surface area contributed by atoms with Crippen LogP contribution in [-0.4, -0.2) is 58.6 Å². The molecule has 50 heavy (non-hydrogen) atoms. The molecule has 1 unspecified atom stereocenters. The smallest absolute Gasteiger partial charge is 0.0589 e. The van der Waals surface area contributed by atoms with E-state index in [4.69, 9.17) is 0 Å². The van der Waals surface area contributed by atoms with Gasteiger partial charge in [-0.15, -0.1) is 0 Å². The summed E-state index contributed by atoms with van der Waals surface area (Å²) in [4.78, 5) is 8.74. The van der Waals surface area contributed by atoms with Crippen molar-refractivity contribution >= 4 is 27.9 Å². The van der Waals surface area contributed by atoms with E-state index in [2.05, 4.69) is 155 Å². The lowest BCUT2D eigenvalue weighted by atomic mass is 9.95. The van der Waals surface area contributed by atoms with Crippen LogP contribution in [-0.2, 0) is 25.7 Å². The average molecular weight is 661 g/mol. The lowest BCUT2D eigenvalue weighted by Crippen LogP contribution is -2.26. The number of benzene rings is 4. The maximum Gasteiger partial charge on any atom is 0.0589 e. The number of aryl methyl sites for hydroxylation is 1. The summed E-state index contributed by atoms with van der Waals surface area (Å²) < 4.78 is 2.64. The quantitative estimate of drug-likeness (QED) is 0.142. The van der Waals surface area contributed by atoms with Gasteiger partial charge in [0.05, 0.1) is 6.04 Å². The molecule has 3 atom stereocenters. The number of aromatic nitrogens is 2. The third kappa shape index (κ3) is 7.10. The molecule has 0 saturated carbocycles. The molecule has 2 aliphatic rings. The maximum atomic E-state index is 3.62. The van der Waals surface area contributed by atoms with Gasteiger partial charge >= 0.3 is 0 Å². The molecule has 0 aliphatic carbocycles. The molecule has 0 spiro atoms. The summed E-state index contributed by atoms with van der Waals surface area (Å²) in [6.07, 6.45) is 19.8. The number of nitrogens with zero attached hydrogens (tertiary/aromatic N) is 3. The Balaban J connectivity index is 1.19. The zero-order valence-corrected chi connectivity index (χ0v) is 29.9. The van der Waals surface area contributed by atoms with Crippen LogP contribution in [0.3, 0.4) is 0 Å². The minimum atomic E-state index is 0.230. The molecule has 256 valence electrons. The SMILES string of the molecule is CN1CCC[C@@H]1Cc1c[nH]c2ccc(C(CCc3ccccc3)n3cc(C[C@H]4CCCN4C)c4cc(/C=C/Cc5ccccc5)ccc43)cc12. The van der Waals surface area contributed by atoms with Crippen molar-refractivity contribution in [2.45, 2.75) is 75.9 Å². The van der Waals surface area contributed by atoms with Gasteiger partial charge in [0.15, 0.2) is 0 Å². The molecule has 4 nitrogen and oxygen atoms in total. The molecular weight excluding hydrogens is 609 g/mol. The van der Waals surface area contributed by atoms with Crippen LogP contribution in [0.15, 0.2) is 116 Å². The minimum Gasteiger partial charge on any atom is -0.361 e. The monoisotopic (exact) mass is 660 g/mol. The molecule has 0 amide bonds. The van der Waals surface area contributed by atoms with Crippen molar-refractivity contribution in [2.75, 3.05) is 27.2 Å². The van der Waals surface area contributed by atoms with Gasteiger partial charge in [-0.05, 0) is 143 Å². The van der Waals surface area contributed by atoms with E-state index >= 15 is 0 Å². The van der Waals surface area contributed by atoms with Crippen LogP contribution in [0.2, 0.25) is 0 Å². The van der Waals surface area contributed by atoms with Crippen molar-refractivity contribution in [1.29, 1.82) is 0 Å². The van der Waals surface area contributed by atoms with Gasteiger partial charge in [0, 0.05) is 46.3 Å². The molecule has 4 heterocycles. The Morgan fingerprint density at radius 1 is 0.740 bits per heavy atom. The Morgan fingerprint density at radius 2 is 1.44 bits per heavy atom. The summed E-state index contributed by atoms with van der Waals surface area (Å²) in [6, 6.07) is 37.7. The number of hydrogen-bond acceptors (Lipinski definition) is 2. The highest BCUT2D eigenvalue weighted by molar-refractivity contribution is 5.87. The molecule has 2 saturated heterocycles. The number of aromatic amines is 1. The zero-order valence-electron chi connectivity index (χ0n) is 29.9. The molecular formula is C46H52N4. The van der Waals surface area contributed by atoms with Gasteiger partial charge in [-0.2, -0.15) is 0 Å². The number of allylic oxidation sites excluding steroid dienone is 1. The molecule has 4 aromatic carbocycles. The summed E-state index contributed by atoms with van der Waals surface area (Å²) >= 11 is 0. The second-order valence-corrected chi connectivity index (χ2v) is 15.1. The van der Waals surface area contributed by atoms with Gasteiger partial charge in [-0.3, -0.25) is 0 Å². The third-order valence-electron chi connectivity index (χ3n) is 11.8. The fourth-order valence-electron chi connectivity index (χ4n) is 8.78. The number of nitrogens with one attached hydrogen (secondary N) is 1. The van der Waals surface area contributed by atoms with Crippen molar-refractivity contribution in [3.63, 3.8) is 0 Å². The first-order valence-electron chi connectivity index (χ1n) is 19.0. The van der Waals surface area contributed by atoms with E-state index in [1.54, 1.807) is 0 Å². The number of likely N-dealkylation sites (N-methyl/N-ethyl adjacent to an activating group) is 2. The molecule has 2 aromatic heterocycles. The van der Waals surface area contributed by atoms with E-state index in [0.717, 1.165) is 32.1 Å². The predicted octanol–water partition coefficient (Wildman–Crippen LogP) is 9.87. The van der Waals surface area contributed by atoms with Gasteiger partial charge in [0.1, 0.15) is 0 Å². The molecule has 6 aromatic rings. The molecule has 2 fully saturated rings. The van der Waals surface area contributed by atoms with Crippen LogP contribution in [0.4, 0.5) is 0 Å². The van der Waals surface area contributed by atoms with Gasteiger partial charge in [0.2, 0.25) is 0 Å². The second kappa shape index (κ2) is 14.8. The topological polar surface area (TPSA) is 27.2 Å². The maximum absolute atomic E-state index is 3.62. The largest absolute Gasteiger partial charge is 0.361 e. The van der Waals surface area contributed by atoms with Crippen LogP contribution in [0.25, 0.3) is 27.9 Å². The van der Waals surface area contributed by atoms with Crippen molar-refractivity contribution < 1.29 is 0 Å². The first kappa shape index (κ1) is 32.8. The van der Waals surface area contributed by atoms with E-state index in [1.807, 2.05) is 0 Å². The fraction of sp³-hybridized carbons (Fsp3) is 0.348. The Labute approximate surface area is 298 Å². The Kier molecular flexibility index (Phi) is 9.74. The summed E-state index contributed by atoms with van der Waals surface area (Å²) in [7, 11) is 4.60. The summed E-state index contributed by atoms with van der Waals surface area (Å²) in [6.45, 7) is 2.41. The molecule has 4 heteroatoms. The summed E-state index contributed by atoms with van der Waals surface area (Å²) in [5.41, 5.74) is 11.0. The van der Waals surface area contributed by atoms with Crippen LogP contribution in [0.5, 0.6) is 0 Å². The first-order chi connectivity index (χ1) is 24.6. The number of likely N-dealkylation sites (tertiary alicyclic amines) is 2. The third-order valence-corrected chi connectivity index (χ3v) is 11.8. The molecule has 0 radical (unpaired) electrons. The van der Waals surface area contributed by atoms with Gasteiger partial charge in [0.25, 0.3) is 0 Å². The highest BCUT2D eigenvalue weighted by Gasteiger charge is 2.26. The van der Waals surface area contributed by atoms with E-state index in [0.29, 0.717) is 12.1 Å². The number of rotatable bonds is 12. The molecule has 2 aliphatic heterocycles. The predicted molar refractivity (Wildman–Crippen MR) is 211 cm³/mol.